The minimum absolute atomic E-state index is 0.435. The largest absolute Gasteiger partial charge is 0.478 e. The Balaban J connectivity index is 2.33. The summed E-state index contributed by atoms with van der Waals surface area (Å²) in [6, 6.07) is 5.90. The quantitative estimate of drug-likeness (QED) is 0.802. The lowest BCUT2D eigenvalue weighted by Gasteiger charge is -2.36. The summed E-state index contributed by atoms with van der Waals surface area (Å²) < 4.78 is 17.5. The van der Waals surface area contributed by atoms with Crippen molar-refractivity contribution in [2.75, 3.05) is 14.2 Å². The molecule has 2 rings (SSSR count). The van der Waals surface area contributed by atoms with Gasteiger partial charge in [-0.1, -0.05) is 22.0 Å². The molecule has 0 unspecified atom stereocenters. The van der Waals surface area contributed by atoms with Gasteiger partial charge in [0.25, 0.3) is 0 Å². The summed E-state index contributed by atoms with van der Waals surface area (Å²) in [6.07, 6.45) is 3.55. The second kappa shape index (κ2) is 4.80. The molecule has 0 bridgehead atoms. The normalized spacial score (nSPS) is 22.4. The van der Waals surface area contributed by atoms with Gasteiger partial charge >= 0.3 is 0 Å². The first-order chi connectivity index (χ1) is 8.09. The van der Waals surface area contributed by atoms with E-state index >= 15 is 0 Å². The van der Waals surface area contributed by atoms with Crippen molar-refractivity contribution in [3.63, 3.8) is 0 Å². The molecule has 0 aromatic heterocycles. The van der Waals surface area contributed by atoms with Gasteiger partial charge in [0, 0.05) is 24.3 Å². The summed E-state index contributed by atoms with van der Waals surface area (Å²) in [5, 5.41) is 0. The molecule has 0 amide bonds. The van der Waals surface area contributed by atoms with E-state index in [0.29, 0.717) is 0 Å². The van der Waals surface area contributed by atoms with Gasteiger partial charge in [-0.15, -0.1) is 0 Å². The molecule has 0 fully saturated rings. The zero-order valence-corrected chi connectivity index (χ0v) is 11.7. The summed E-state index contributed by atoms with van der Waals surface area (Å²) in [5.41, 5.74) is 0.437. The lowest BCUT2D eigenvalue weighted by Crippen LogP contribution is -2.46. The summed E-state index contributed by atoms with van der Waals surface area (Å²) in [4.78, 5) is 0. The standard InChI is InChI=1S/C13H15BrO3/c1-13(12(15-2)16-3)7-6-9-8-10(14)4-5-11(9)17-13/h4-8,12H,1-3H3/t13-/m0/s1. The van der Waals surface area contributed by atoms with Crippen molar-refractivity contribution in [2.24, 2.45) is 0 Å². The van der Waals surface area contributed by atoms with Crippen LogP contribution in [0.15, 0.2) is 28.7 Å². The average Bonchev–Trinajstić information content (AvgIpc) is 2.31. The fourth-order valence-electron chi connectivity index (χ4n) is 1.96. The first-order valence-electron chi connectivity index (χ1n) is 5.32. The Kier molecular flexibility index (Phi) is 3.56. The van der Waals surface area contributed by atoms with Crippen molar-refractivity contribution in [2.45, 2.75) is 18.8 Å². The molecule has 0 saturated heterocycles. The SMILES string of the molecule is COC(OC)[C@]1(C)C=Cc2cc(Br)ccc2O1. The first-order valence-corrected chi connectivity index (χ1v) is 6.12. The van der Waals surface area contributed by atoms with Gasteiger partial charge in [0.15, 0.2) is 5.60 Å². The van der Waals surface area contributed by atoms with E-state index in [4.69, 9.17) is 14.2 Å². The summed E-state index contributed by atoms with van der Waals surface area (Å²) in [5.74, 6) is 0.831. The molecule has 1 aliphatic rings. The van der Waals surface area contributed by atoms with Crippen molar-refractivity contribution in [3.8, 4) is 5.75 Å². The maximum absolute atomic E-state index is 5.96. The molecule has 1 aliphatic heterocycles. The Morgan fingerprint density at radius 1 is 1.29 bits per heavy atom. The molecule has 0 radical (unpaired) electrons. The molecule has 1 heterocycles. The number of fused-ring (bicyclic) bond motifs is 1. The minimum atomic E-state index is -0.607. The summed E-state index contributed by atoms with van der Waals surface area (Å²) >= 11 is 3.44. The molecular weight excluding hydrogens is 284 g/mol. The van der Waals surface area contributed by atoms with Crippen LogP contribution in [0.25, 0.3) is 6.08 Å². The van der Waals surface area contributed by atoms with Gasteiger partial charge in [-0.25, -0.2) is 0 Å². The number of hydrogen-bond acceptors (Lipinski definition) is 3. The van der Waals surface area contributed by atoms with Crippen LogP contribution in [-0.2, 0) is 9.47 Å². The molecule has 3 nitrogen and oxygen atoms in total. The zero-order valence-electron chi connectivity index (χ0n) is 10.1. The lowest BCUT2D eigenvalue weighted by molar-refractivity contribution is -0.180. The highest BCUT2D eigenvalue weighted by atomic mass is 79.9. The number of halogens is 1. The Morgan fingerprint density at radius 2 is 2.00 bits per heavy atom. The van der Waals surface area contributed by atoms with Gasteiger partial charge in [-0.05, 0) is 31.2 Å². The molecule has 4 heteroatoms. The fourth-order valence-corrected chi connectivity index (χ4v) is 2.34. The van der Waals surface area contributed by atoms with E-state index in [9.17, 15) is 0 Å². The van der Waals surface area contributed by atoms with Gasteiger partial charge in [-0.3, -0.25) is 0 Å². The van der Waals surface area contributed by atoms with E-state index in [2.05, 4.69) is 15.9 Å². The van der Waals surface area contributed by atoms with Gasteiger partial charge in [-0.2, -0.15) is 0 Å². The van der Waals surface area contributed by atoms with Gasteiger partial charge in [0.05, 0.1) is 0 Å². The molecular formula is C13H15BrO3. The van der Waals surface area contributed by atoms with E-state index in [1.807, 2.05) is 37.3 Å². The third-order valence-corrected chi connectivity index (χ3v) is 3.28. The van der Waals surface area contributed by atoms with Gasteiger partial charge in [0.1, 0.15) is 5.75 Å². The second-order valence-corrected chi connectivity index (χ2v) is 5.02. The smallest absolute Gasteiger partial charge is 0.200 e. The summed E-state index contributed by atoms with van der Waals surface area (Å²) in [6.45, 7) is 1.94. The topological polar surface area (TPSA) is 27.7 Å². The third-order valence-electron chi connectivity index (χ3n) is 2.79. The van der Waals surface area contributed by atoms with Crippen LogP contribution in [0.5, 0.6) is 5.75 Å². The monoisotopic (exact) mass is 298 g/mol. The molecule has 0 spiro atoms. The van der Waals surface area contributed by atoms with Crippen LogP contribution in [0.3, 0.4) is 0 Å². The molecule has 92 valence electrons. The van der Waals surface area contributed by atoms with E-state index in [1.165, 1.54) is 0 Å². The summed E-state index contributed by atoms with van der Waals surface area (Å²) in [7, 11) is 3.21. The van der Waals surface area contributed by atoms with Crippen LogP contribution in [0.4, 0.5) is 0 Å². The maximum Gasteiger partial charge on any atom is 0.200 e. The Hall–Kier alpha value is -0.840. The molecule has 0 N–H and O–H groups in total. The lowest BCUT2D eigenvalue weighted by atomic mass is 9.99. The van der Waals surface area contributed by atoms with Crippen LogP contribution < -0.4 is 4.74 Å². The first kappa shape index (κ1) is 12.6. The molecule has 1 aromatic rings. The van der Waals surface area contributed by atoms with Crippen molar-refractivity contribution < 1.29 is 14.2 Å². The number of benzene rings is 1. The number of ether oxygens (including phenoxy) is 3. The van der Waals surface area contributed by atoms with Crippen molar-refractivity contribution in [1.29, 1.82) is 0 Å². The van der Waals surface area contributed by atoms with Crippen LogP contribution >= 0.6 is 15.9 Å². The van der Waals surface area contributed by atoms with Crippen LogP contribution in [0.2, 0.25) is 0 Å². The van der Waals surface area contributed by atoms with Crippen molar-refractivity contribution in [1.82, 2.24) is 0 Å². The molecule has 0 aliphatic carbocycles. The van der Waals surface area contributed by atoms with Gasteiger partial charge < -0.3 is 14.2 Å². The zero-order chi connectivity index (χ0) is 12.5. The second-order valence-electron chi connectivity index (χ2n) is 4.10. The average molecular weight is 299 g/mol. The van der Waals surface area contributed by atoms with E-state index in [1.54, 1.807) is 14.2 Å². The highest BCUT2D eigenvalue weighted by Crippen LogP contribution is 2.35. The van der Waals surface area contributed by atoms with Crippen LogP contribution in [0.1, 0.15) is 12.5 Å². The molecule has 0 saturated carbocycles. The van der Waals surface area contributed by atoms with Crippen molar-refractivity contribution in [3.05, 3.63) is 34.3 Å². The third kappa shape index (κ3) is 2.39. The number of methoxy groups -OCH3 is 2. The van der Waals surface area contributed by atoms with E-state index in [-0.39, 0.29) is 0 Å². The predicted molar refractivity (Wildman–Crippen MR) is 70.0 cm³/mol. The van der Waals surface area contributed by atoms with E-state index < -0.39 is 11.9 Å². The highest BCUT2D eigenvalue weighted by molar-refractivity contribution is 9.10. The minimum Gasteiger partial charge on any atom is -0.478 e. The van der Waals surface area contributed by atoms with E-state index in [0.717, 1.165) is 15.8 Å². The predicted octanol–water partition coefficient (Wildman–Crippen LogP) is 3.23. The van der Waals surface area contributed by atoms with Gasteiger partial charge in [0.2, 0.25) is 6.29 Å². The van der Waals surface area contributed by atoms with Crippen LogP contribution in [0, 0.1) is 0 Å². The highest BCUT2D eigenvalue weighted by Gasteiger charge is 2.37. The Bertz CT molecular complexity index is 440. The number of hydrogen-bond donors (Lipinski definition) is 0. The molecule has 1 aromatic carbocycles. The van der Waals surface area contributed by atoms with Crippen molar-refractivity contribution >= 4 is 22.0 Å². The van der Waals surface area contributed by atoms with Crippen LogP contribution in [-0.4, -0.2) is 26.1 Å². The molecule has 17 heavy (non-hydrogen) atoms. The Morgan fingerprint density at radius 3 is 2.65 bits per heavy atom. The number of rotatable bonds is 3. The fraction of sp³-hybridized carbons (Fsp3) is 0.385. The maximum atomic E-state index is 5.96. The Labute approximate surface area is 109 Å². The molecule has 1 atom stereocenters.